The Morgan fingerprint density at radius 3 is 2.65 bits per heavy atom. The summed E-state index contributed by atoms with van der Waals surface area (Å²) >= 11 is 5.85. The van der Waals surface area contributed by atoms with E-state index in [2.05, 4.69) is 15.4 Å². The molecule has 0 amide bonds. The molecule has 0 aliphatic carbocycles. The number of pyridine rings is 1. The molecule has 0 aliphatic rings. The van der Waals surface area contributed by atoms with E-state index in [1.165, 1.54) is 19.3 Å². The van der Waals surface area contributed by atoms with Crippen molar-refractivity contribution in [2.45, 2.75) is 25.6 Å². The lowest BCUT2D eigenvalue weighted by Crippen LogP contribution is -2.11. The Labute approximate surface area is 136 Å². The molecule has 0 bridgehead atoms. The molecule has 0 radical (unpaired) electrons. The number of hydrogen-bond donors (Lipinski definition) is 2. The second-order valence-corrected chi connectivity index (χ2v) is 5.54. The van der Waals surface area contributed by atoms with Gasteiger partial charge in [0.05, 0.1) is 11.8 Å². The van der Waals surface area contributed by atoms with Gasteiger partial charge in [-0.05, 0) is 25.5 Å². The van der Waals surface area contributed by atoms with E-state index in [4.69, 9.17) is 11.6 Å². The fourth-order valence-corrected chi connectivity index (χ4v) is 2.22. The number of aromatic nitrogens is 3. The molecule has 0 saturated carbocycles. The number of rotatable bonds is 5. The van der Waals surface area contributed by atoms with Crippen LogP contribution in [0, 0.1) is 0 Å². The van der Waals surface area contributed by atoms with Crippen LogP contribution in [0.5, 0.6) is 0 Å². The lowest BCUT2D eigenvalue weighted by Gasteiger charge is -2.11. The summed E-state index contributed by atoms with van der Waals surface area (Å²) in [6.07, 6.45) is -3.13. The van der Waals surface area contributed by atoms with Crippen LogP contribution in [0.4, 0.5) is 18.9 Å². The highest BCUT2D eigenvalue weighted by molar-refractivity contribution is 6.29. The van der Waals surface area contributed by atoms with E-state index in [-0.39, 0.29) is 10.8 Å². The minimum Gasteiger partial charge on any atom is -0.393 e. The Kier molecular flexibility index (Phi) is 5.16. The molecule has 2 N–H and O–H groups in total. The minimum atomic E-state index is -4.49. The normalized spacial score (nSPS) is 13.2. The maximum atomic E-state index is 12.9. The van der Waals surface area contributed by atoms with Gasteiger partial charge in [0.25, 0.3) is 0 Å². The molecule has 2 heterocycles. The quantitative estimate of drug-likeness (QED) is 0.813. The van der Waals surface area contributed by atoms with E-state index >= 15 is 0 Å². The highest BCUT2D eigenvalue weighted by atomic mass is 35.5. The van der Waals surface area contributed by atoms with E-state index in [1.807, 2.05) is 0 Å². The van der Waals surface area contributed by atoms with Crippen molar-refractivity contribution in [3.63, 3.8) is 0 Å². The second kappa shape index (κ2) is 6.76. The number of anilines is 1. The van der Waals surface area contributed by atoms with E-state index in [0.29, 0.717) is 24.2 Å². The largest absolute Gasteiger partial charge is 0.433 e. The van der Waals surface area contributed by atoms with Crippen LogP contribution < -0.4 is 5.32 Å². The fourth-order valence-electron chi connectivity index (χ4n) is 2.06. The van der Waals surface area contributed by atoms with E-state index < -0.39 is 18.0 Å². The number of hydrogen-bond acceptors (Lipinski definition) is 4. The molecule has 5 nitrogen and oxygen atoms in total. The number of aryl methyl sites for hydroxylation is 1. The van der Waals surface area contributed by atoms with Gasteiger partial charge in [-0.3, -0.25) is 4.68 Å². The maximum Gasteiger partial charge on any atom is 0.433 e. The number of halogens is 4. The number of nitrogens with one attached hydrogen (secondary N) is 1. The zero-order valence-electron chi connectivity index (χ0n) is 12.5. The van der Waals surface area contributed by atoms with Crippen LogP contribution in [0.3, 0.4) is 0 Å². The molecule has 0 aromatic carbocycles. The first-order chi connectivity index (χ1) is 10.7. The fraction of sp³-hybridized carbons (Fsp3) is 0.429. The molecule has 2 aromatic heterocycles. The van der Waals surface area contributed by atoms with Crippen molar-refractivity contribution in [2.24, 2.45) is 7.05 Å². The SMILES string of the molecule is C[C@H](O)CCNc1cc(Cl)ncc1-c1cc(C(F)(F)F)n(C)n1. The smallest absolute Gasteiger partial charge is 0.393 e. The van der Waals surface area contributed by atoms with Crippen LogP contribution in [0.2, 0.25) is 5.15 Å². The molecule has 0 unspecified atom stereocenters. The number of nitrogens with zero attached hydrogens (tertiary/aromatic N) is 3. The van der Waals surface area contributed by atoms with Crippen molar-refractivity contribution in [1.29, 1.82) is 0 Å². The Balaban J connectivity index is 2.35. The zero-order chi connectivity index (χ0) is 17.2. The molecular formula is C14H16ClF3N4O. The highest BCUT2D eigenvalue weighted by Crippen LogP contribution is 2.34. The molecule has 126 valence electrons. The van der Waals surface area contributed by atoms with Gasteiger partial charge in [-0.25, -0.2) is 4.98 Å². The third kappa shape index (κ3) is 4.35. The van der Waals surface area contributed by atoms with Gasteiger partial charge in [-0.2, -0.15) is 18.3 Å². The van der Waals surface area contributed by atoms with Crippen molar-refractivity contribution in [1.82, 2.24) is 14.8 Å². The summed E-state index contributed by atoms with van der Waals surface area (Å²) in [5, 5.41) is 16.4. The van der Waals surface area contributed by atoms with Gasteiger partial charge < -0.3 is 10.4 Å². The average molecular weight is 349 g/mol. The van der Waals surface area contributed by atoms with Crippen LogP contribution in [0.1, 0.15) is 19.0 Å². The van der Waals surface area contributed by atoms with Gasteiger partial charge in [-0.1, -0.05) is 11.6 Å². The summed E-state index contributed by atoms with van der Waals surface area (Å²) in [7, 11) is 1.23. The molecule has 2 rings (SSSR count). The van der Waals surface area contributed by atoms with Gasteiger partial charge in [0, 0.05) is 31.0 Å². The van der Waals surface area contributed by atoms with Crippen LogP contribution in [-0.2, 0) is 13.2 Å². The molecule has 0 aliphatic heterocycles. The summed E-state index contributed by atoms with van der Waals surface area (Å²) in [5.41, 5.74) is 0.212. The van der Waals surface area contributed by atoms with Crippen molar-refractivity contribution < 1.29 is 18.3 Å². The van der Waals surface area contributed by atoms with Crippen LogP contribution >= 0.6 is 11.6 Å². The van der Waals surface area contributed by atoms with E-state index in [1.54, 1.807) is 6.92 Å². The summed E-state index contributed by atoms with van der Waals surface area (Å²) in [4.78, 5) is 3.91. The lowest BCUT2D eigenvalue weighted by atomic mass is 10.1. The van der Waals surface area contributed by atoms with Crippen LogP contribution in [0.15, 0.2) is 18.3 Å². The van der Waals surface area contributed by atoms with E-state index in [0.717, 1.165) is 10.7 Å². The Morgan fingerprint density at radius 1 is 1.39 bits per heavy atom. The van der Waals surface area contributed by atoms with Crippen molar-refractivity contribution in [3.05, 3.63) is 29.2 Å². The topological polar surface area (TPSA) is 63.0 Å². The van der Waals surface area contributed by atoms with Crippen LogP contribution in [-0.4, -0.2) is 32.5 Å². The molecule has 23 heavy (non-hydrogen) atoms. The molecule has 0 fully saturated rings. The predicted molar refractivity (Wildman–Crippen MR) is 81.2 cm³/mol. The third-order valence-electron chi connectivity index (χ3n) is 3.19. The predicted octanol–water partition coefficient (Wildman–Crippen LogP) is 3.34. The van der Waals surface area contributed by atoms with Crippen LogP contribution in [0.25, 0.3) is 11.3 Å². The number of aliphatic hydroxyl groups excluding tert-OH is 1. The average Bonchev–Trinajstić information content (AvgIpc) is 2.80. The molecule has 0 saturated heterocycles. The van der Waals surface area contributed by atoms with Crippen molar-refractivity contribution in [2.75, 3.05) is 11.9 Å². The van der Waals surface area contributed by atoms with Gasteiger partial charge in [-0.15, -0.1) is 0 Å². The maximum absolute atomic E-state index is 12.9. The van der Waals surface area contributed by atoms with Crippen molar-refractivity contribution >= 4 is 17.3 Å². The van der Waals surface area contributed by atoms with Gasteiger partial charge >= 0.3 is 6.18 Å². The Bertz CT molecular complexity index is 685. The molecule has 2 aromatic rings. The van der Waals surface area contributed by atoms with Gasteiger partial charge in [0.15, 0.2) is 0 Å². The lowest BCUT2D eigenvalue weighted by molar-refractivity contribution is -0.143. The highest BCUT2D eigenvalue weighted by Gasteiger charge is 2.35. The summed E-state index contributed by atoms with van der Waals surface area (Å²) in [6.45, 7) is 2.08. The molecular weight excluding hydrogens is 333 g/mol. The first-order valence-corrected chi connectivity index (χ1v) is 7.25. The summed E-state index contributed by atoms with van der Waals surface area (Å²) in [6, 6.07) is 2.48. The minimum absolute atomic E-state index is 0.142. The second-order valence-electron chi connectivity index (χ2n) is 5.15. The summed E-state index contributed by atoms with van der Waals surface area (Å²) < 4.78 is 39.5. The summed E-state index contributed by atoms with van der Waals surface area (Å²) in [5.74, 6) is 0. The zero-order valence-corrected chi connectivity index (χ0v) is 13.3. The molecule has 9 heteroatoms. The third-order valence-corrected chi connectivity index (χ3v) is 3.40. The first-order valence-electron chi connectivity index (χ1n) is 6.87. The first kappa shape index (κ1) is 17.6. The van der Waals surface area contributed by atoms with Crippen molar-refractivity contribution in [3.8, 4) is 11.3 Å². The number of aliphatic hydroxyl groups is 1. The molecule has 0 spiro atoms. The Hall–Kier alpha value is -1.80. The number of alkyl halides is 3. The monoisotopic (exact) mass is 348 g/mol. The van der Waals surface area contributed by atoms with E-state index in [9.17, 15) is 18.3 Å². The molecule has 1 atom stereocenters. The Morgan fingerprint density at radius 2 is 2.09 bits per heavy atom. The van der Waals surface area contributed by atoms with Gasteiger partial charge in [0.2, 0.25) is 0 Å². The van der Waals surface area contributed by atoms with Gasteiger partial charge in [0.1, 0.15) is 10.8 Å². The standard InChI is InChI=1S/C14H16ClF3N4O/c1-8(23)3-4-19-10-6-13(15)20-7-9(10)11-5-12(14(16,17)18)22(2)21-11/h5-8,23H,3-4H2,1-2H3,(H,19,20)/t8-/m0/s1.